The highest BCUT2D eigenvalue weighted by molar-refractivity contribution is 6.40. The third kappa shape index (κ3) is 12.3. The van der Waals surface area contributed by atoms with Crippen LogP contribution in [0.4, 0.5) is 0 Å². The molecule has 0 aliphatic heterocycles. The van der Waals surface area contributed by atoms with E-state index in [0.29, 0.717) is 87.4 Å². The molecule has 0 saturated heterocycles. The topological polar surface area (TPSA) is 166 Å². The highest BCUT2D eigenvalue weighted by Crippen LogP contribution is 2.33. The molecule has 3 N–H and O–H groups in total. The molecule has 360 valence electrons. The number of nitrogens with zero attached hydrogens (tertiary/aromatic N) is 6. The molecule has 4 aromatic carbocycles. The molecule has 15 nitrogen and oxygen atoms in total. The molecule has 0 aliphatic carbocycles. The van der Waals surface area contributed by atoms with E-state index >= 15 is 0 Å². The summed E-state index contributed by atoms with van der Waals surface area (Å²) in [6.07, 6.45) is 5.55. The van der Waals surface area contributed by atoms with E-state index in [-0.39, 0.29) is 0 Å². The van der Waals surface area contributed by atoms with Crippen LogP contribution >= 0.6 is 69.6 Å². The predicted molar refractivity (Wildman–Crippen MR) is 258 cm³/mol. The second kappa shape index (κ2) is 22.2. The third-order valence-corrected chi connectivity index (χ3v) is 14.1. The Morgan fingerprint density at radius 1 is 0.435 bits per heavy atom. The van der Waals surface area contributed by atoms with Gasteiger partial charge < -0.3 is 29.5 Å². The molecule has 0 radical (unpaired) electrons. The molecule has 0 atom stereocenters. The van der Waals surface area contributed by atoms with E-state index < -0.39 is 37.7 Å². The second-order valence-electron chi connectivity index (χ2n) is 16.1. The van der Waals surface area contributed by atoms with Gasteiger partial charge in [0.1, 0.15) is 56.5 Å². The number of aromatic nitrogens is 6. The summed E-state index contributed by atoms with van der Waals surface area (Å²) in [5.41, 5.74) is 8.55. The zero-order valence-corrected chi connectivity index (χ0v) is 41.8. The van der Waals surface area contributed by atoms with Gasteiger partial charge in [-0.3, -0.25) is 0 Å². The zero-order chi connectivity index (χ0) is 49.7. The number of carbonyl (C=O) groups is 3. The zero-order valence-electron chi connectivity index (χ0n) is 37.3. The van der Waals surface area contributed by atoms with Crippen LogP contribution in [0.15, 0.2) is 91.8 Å². The number of carboxylic acids is 3. The van der Waals surface area contributed by atoms with Crippen molar-refractivity contribution in [1.29, 1.82) is 0 Å². The van der Waals surface area contributed by atoms with E-state index in [4.69, 9.17) is 99.1 Å². The quantitative estimate of drug-likeness (QED) is 0.0599. The van der Waals surface area contributed by atoms with Crippen molar-refractivity contribution in [3.8, 4) is 17.2 Å². The maximum absolute atomic E-state index is 11.0. The standard InChI is InChI=1S/C48H42Cl6N6O9/c1-28-37(19-58-25-55(43(49)46(58)52)16-31-4-10-34(11-5-31)67-22-40(61)62)29(2)39(21-60-27-57(45(51)48(60)54)18-33-8-14-36(15-9-33)69-24-42(65)66)30(3)38(28)20-59-26-56(44(50)47(59)53)17-32-6-12-35(13-7-32)68-23-41(63)64/h4-15,25-27H,16-24H2,1-3H3/p+3. The minimum atomic E-state index is -1.07. The van der Waals surface area contributed by atoms with Gasteiger partial charge >= 0.3 is 17.9 Å². The molecular weight excluding hydrogens is 1020 g/mol. The number of halogens is 6. The molecule has 0 saturated carbocycles. The lowest BCUT2D eigenvalue weighted by Crippen LogP contribution is -2.33. The molecule has 3 heterocycles. The first-order valence-electron chi connectivity index (χ1n) is 21.1. The van der Waals surface area contributed by atoms with Crippen molar-refractivity contribution in [2.24, 2.45) is 0 Å². The van der Waals surface area contributed by atoms with Crippen molar-refractivity contribution < 1.29 is 57.6 Å². The number of rotatable bonds is 21. The summed E-state index contributed by atoms with van der Waals surface area (Å²) in [4.78, 5) is 32.9. The summed E-state index contributed by atoms with van der Waals surface area (Å²) in [6.45, 7) is 6.96. The van der Waals surface area contributed by atoms with E-state index in [1.165, 1.54) is 0 Å². The normalized spacial score (nSPS) is 11.3. The fourth-order valence-corrected chi connectivity index (χ4v) is 9.16. The van der Waals surface area contributed by atoms with Crippen LogP contribution in [0.25, 0.3) is 0 Å². The number of ether oxygens (including phenoxy) is 3. The van der Waals surface area contributed by atoms with Crippen LogP contribution in [0.5, 0.6) is 17.2 Å². The SMILES string of the molecule is Cc1c(Cn2c[n+](Cc3ccc(OCC(=O)O)cc3)c(Cl)c2Cl)c(C)c(Cn2c[n+](Cc3ccc(OCC(=O)O)cc3)c(Cl)c2Cl)c(C)c1Cn1c[n+](Cc2ccc(OCC(=O)O)cc2)c(Cl)c1Cl. The van der Waals surface area contributed by atoms with Gasteiger partial charge in [-0.15, -0.1) is 0 Å². The average molecular weight is 1060 g/mol. The Morgan fingerprint density at radius 2 is 0.667 bits per heavy atom. The summed E-state index contributed by atoms with van der Waals surface area (Å²) < 4.78 is 27.0. The van der Waals surface area contributed by atoms with E-state index in [9.17, 15) is 14.4 Å². The molecule has 7 aromatic rings. The van der Waals surface area contributed by atoms with Crippen LogP contribution in [0.3, 0.4) is 0 Å². The van der Waals surface area contributed by atoms with Crippen LogP contribution in [-0.2, 0) is 53.7 Å². The van der Waals surface area contributed by atoms with Crippen LogP contribution < -0.4 is 27.9 Å². The first-order chi connectivity index (χ1) is 32.9. The van der Waals surface area contributed by atoms with Gasteiger partial charge in [-0.25, -0.2) is 41.8 Å². The minimum absolute atomic E-state index is 0.325. The Kier molecular flexibility index (Phi) is 16.4. The Morgan fingerprint density at radius 3 is 0.884 bits per heavy atom. The first-order valence-corrected chi connectivity index (χ1v) is 23.3. The Bertz CT molecular complexity index is 2700. The van der Waals surface area contributed by atoms with E-state index in [0.717, 1.165) is 50.1 Å². The Labute approximate surface area is 426 Å². The second-order valence-corrected chi connectivity index (χ2v) is 18.3. The molecule has 21 heteroatoms. The number of benzene rings is 4. The molecule has 69 heavy (non-hydrogen) atoms. The maximum Gasteiger partial charge on any atom is 0.341 e. The maximum atomic E-state index is 11.0. The van der Waals surface area contributed by atoms with E-state index in [2.05, 4.69) is 20.8 Å². The molecule has 7 rings (SSSR count). The molecule has 0 unspecified atom stereocenters. The van der Waals surface area contributed by atoms with Crippen molar-refractivity contribution in [2.45, 2.75) is 60.0 Å². The van der Waals surface area contributed by atoms with Gasteiger partial charge in [0.05, 0.1) is 0 Å². The average Bonchev–Trinajstić information content (AvgIpc) is 3.86. The molecular formula is C48H45Cl6N6O9+3. The number of carboxylic acid groups (broad SMARTS) is 3. The van der Waals surface area contributed by atoms with Crippen LogP contribution in [0.1, 0.15) is 50.1 Å². The van der Waals surface area contributed by atoms with Crippen molar-refractivity contribution in [3.05, 3.63) is 173 Å². The van der Waals surface area contributed by atoms with Gasteiger partial charge in [0.25, 0.3) is 30.9 Å². The van der Waals surface area contributed by atoms with E-state index in [1.54, 1.807) is 36.4 Å². The summed E-state index contributed by atoms with van der Waals surface area (Å²) in [6, 6.07) is 21.2. The largest absolute Gasteiger partial charge is 0.482 e. The third-order valence-electron chi connectivity index (χ3n) is 11.5. The number of imidazole rings is 3. The minimum Gasteiger partial charge on any atom is -0.482 e. The lowest BCUT2D eigenvalue weighted by atomic mass is 9.87. The predicted octanol–water partition coefficient (Wildman–Crippen LogP) is 8.48. The van der Waals surface area contributed by atoms with Crippen LogP contribution in [0, 0.1) is 20.8 Å². The molecule has 0 bridgehead atoms. The lowest BCUT2D eigenvalue weighted by molar-refractivity contribution is -0.685. The summed E-state index contributed by atoms with van der Waals surface area (Å²) in [5, 5.41) is 28.9. The lowest BCUT2D eigenvalue weighted by Gasteiger charge is -2.20. The molecule has 3 aromatic heterocycles. The van der Waals surface area contributed by atoms with Crippen molar-refractivity contribution in [2.75, 3.05) is 19.8 Å². The van der Waals surface area contributed by atoms with Crippen molar-refractivity contribution >= 4 is 87.5 Å². The highest BCUT2D eigenvalue weighted by Gasteiger charge is 2.29. The first kappa shape index (κ1) is 50.9. The van der Waals surface area contributed by atoms with Gasteiger partial charge in [-0.2, -0.15) is 0 Å². The molecule has 0 spiro atoms. The number of hydrogen-bond donors (Lipinski definition) is 3. The molecule has 0 amide bonds. The van der Waals surface area contributed by atoms with Gasteiger partial charge in [0.15, 0.2) is 19.8 Å². The number of aliphatic carboxylic acids is 3. The van der Waals surface area contributed by atoms with Crippen LogP contribution in [-0.4, -0.2) is 66.7 Å². The van der Waals surface area contributed by atoms with E-state index in [1.807, 2.05) is 82.8 Å². The fraction of sp³-hybridized carbons (Fsp3) is 0.250. The van der Waals surface area contributed by atoms with Crippen LogP contribution in [0.2, 0.25) is 30.9 Å². The molecule has 0 fully saturated rings. The van der Waals surface area contributed by atoms with Gasteiger partial charge in [-0.1, -0.05) is 36.4 Å². The van der Waals surface area contributed by atoms with Gasteiger partial charge in [0.2, 0.25) is 19.0 Å². The summed E-state index contributed by atoms with van der Waals surface area (Å²) in [7, 11) is 0. The summed E-state index contributed by atoms with van der Waals surface area (Å²) in [5.74, 6) is -1.93. The summed E-state index contributed by atoms with van der Waals surface area (Å²) >= 11 is 41.6. The molecule has 0 aliphatic rings. The fourth-order valence-electron chi connectivity index (χ4n) is 7.89. The number of hydrogen-bond acceptors (Lipinski definition) is 6. The van der Waals surface area contributed by atoms with Crippen molar-refractivity contribution in [1.82, 2.24) is 13.7 Å². The Balaban J connectivity index is 1.22. The Hall–Kier alpha value is -5.94. The monoisotopic (exact) mass is 1060 g/mol. The van der Waals surface area contributed by atoms with Crippen molar-refractivity contribution in [3.63, 3.8) is 0 Å². The smallest absolute Gasteiger partial charge is 0.341 e. The highest BCUT2D eigenvalue weighted by atomic mass is 35.5. The van der Waals surface area contributed by atoms with Gasteiger partial charge in [-0.05, 0) is 160 Å². The van der Waals surface area contributed by atoms with Gasteiger partial charge in [0, 0.05) is 16.7 Å².